The summed E-state index contributed by atoms with van der Waals surface area (Å²) in [5.74, 6) is 0.640. The number of hydrogen-bond donors (Lipinski definition) is 0. The second kappa shape index (κ2) is 8.78. The molecule has 0 bridgehead atoms. The van der Waals surface area contributed by atoms with Gasteiger partial charge in [-0.05, 0) is 37.3 Å². The first-order valence-corrected chi connectivity index (χ1v) is 10.9. The molecule has 4 rings (SSSR count). The number of rotatable bonds is 5. The molecule has 1 unspecified atom stereocenters. The molecule has 1 saturated heterocycles. The Morgan fingerprint density at radius 1 is 1.32 bits per heavy atom. The number of imidazole rings is 1. The molecule has 164 valence electrons. The van der Waals surface area contributed by atoms with Gasteiger partial charge >= 0.3 is 6.18 Å². The van der Waals surface area contributed by atoms with Crippen LogP contribution < -0.4 is 0 Å². The number of amides is 1. The Labute approximate surface area is 181 Å². The van der Waals surface area contributed by atoms with Gasteiger partial charge in [-0.3, -0.25) is 4.79 Å². The van der Waals surface area contributed by atoms with E-state index in [9.17, 15) is 18.0 Å². The molecule has 0 aromatic carbocycles. The van der Waals surface area contributed by atoms with E-state index in [2.05, 4.69) is 15.0 Å². The molecule has 1 atom stereocenters. The van der Waals surface area contributed by atoms with Gasteiger partial charge in [0.15, 0.2) is 0 Å². The normalized spacial score (nSPS) is 17.2. The molecule has 1 aliphatic heterocycles. The number of thiophene rings is 1. The van der Waals surface area contributed by atoms with Crippen LogP contribution in [0.15, 0.2) is 36.0 Å². The zero-order chi connectivity index (χ0) is 22.0. The second-order valence-electron chi connectivity index (χ2n) is 7.57. The smallest absolute Gasteiger partial charge is 0.342 e. The van der Waals surface area contributed by atoms with Crippen LogP contribution in [0.25, 0.3) is 10.6 Å². The third-order valence-corrected chi connectivity index (χ3v) is 6.33. The van der Waals surface area contributed by atoms with Crippen molar-refractivity contribution in [3.63, 3.8) is 0 Å². The van der Waals surface area contributed by atoms with Crippen molar-refractivity contribution in [2.24, 2.45) is 0 Å². The fourth-order valence-electron chi connectivity index (χ4n) is 3.77. The maximum Gasteiger partial charge on any atom is 0.433 e. The molecular weight excluding hydrogens is 427 g/mol. The van der Waals surface area contributed by atoms with Gasteiger partial charge in [-0.1, -0.05) is 6.07 Å². The van der Waals surface area contributed by atoms with Crippen LogP contribution in [-0.4, -0.2) is 43.4 Å². The summed E-state index contributed by atoms with van der Waals surface area (Å²) in [6, 6.07) is 4.51. The summed E-state index contributed by atoms with van der Waals surface area (Å²) in [7, 11) is 0. The van der Waals surface area contributed by atoms with E-state index >= 15 is 0 Å². The lowest BCUT2D eigenvalue weighted by atomic mass is 9.96. The highest BCUT2D eigenvalue weighted by Gasteiger charge is 2.35. The standard InChI is InChI=1S/C21H22F3N5OS/c1-14-25-7-10-28(14)9-6-19(30)29-8-2-4-15(13-29)20-26-16(17-5-3-11-31-17)12-18(27-20)21(22,23)24/h3,5,7,10-12,15H,2,4,6,8-9,13H2,1H3. The van der Waals surface area contributed by atoms with Crippen molar-refractivity contribution < 1.29 is 18.0 Å². The summed E-state index contributed by atoms with van der Waals surface area (Å²) < 4.78 is 42.3. The van der Waals surface area contributed by atoms with E-state index in [-0.39, 0.29) is 23.3 Å². The van der Waals surface area contributed by atoms with E-state index in [1.54, 1.807) is 28.6 Å². The molecule has 0 spiro atoms. The minimum atomic E-state index is -4.56. The fraction of sp³-hybridized carbons (Fsp3) is 0.429. The highest BCUT2D eigenvalue weighted by Crippen LogP contribution is 2.34. The van der Waals surface area contributed by atoms with Gasteiger partial charge in [-0.25, -0.2) is 15.0 Å². The van der Waals surface area contributed by atoms with Gasteiger partial charge in [-0.2, -0.15) is 13.2 Å². The summed E-state index contributed by atoms with van der Waals surface area (Å²) in [4.78, 5) is 27.6. The Morgan fingerprint density at radius 2 is 2.16 bits per heavy atom. The average Bonchev–Trinajstić information content (AvgIpc) is 3.43. The number of carbonyl (C=O) groups is 1. The van der Waals surface area contributed by atoms with Crippen LogP contribution >= 0.6 is 11.3 Å². The Morgan fingerprint density at radius 3 is 2.84 bits per heavy atom. The SMILES string of the molecule is Cc1nccn1CCC(=O)N1CCCC(c2nc(-c3cccs3)cc(C(F)(F)F)n2)C1. The number of halogens is 3. The van der Waals surface area contributed by atoms with Crippen molar-refractivity contribution in [3.05, 3.63) is 53.3 Å². The first-order valence-electron chi connectivity index (χ1n) is 10.1. The molecular formula is C21H22F3N5OS. The van der Waals surface area contributed by atoms with Crippen LogP contribution in [-0.2, 0) is 17.5 Å². The van der Waals surface area contributed by atoms with Crippen LogP contribution in [0.5, 0.6) is 0 Å². The van der Waals surface area contributed by atoms with E-state index < -0.39 is 11.9 Å². The topological polar surface area (TPSA) is 63.9 Å². The molecule has 3 aromatic rings. The Kier molecular flexibility index (Phi) is 6.08. The molecule has 0 radical (unpaired) electrons. The minimum absolute atomic E-state index is 0.0248. The van der Waals surface area contributed by atoms with E-state index in [1.807, 2.05) is 17.7 Å². The number of piperidine rings is 1. The van der Waals surface area contributed by atoms with Gasteiger partial charge in [0.2, 0.25) is 5.91 Å². The van der Waals surface area contributed by atoms with Crippen LogP contribution in [0, 0.1) is 6.92 Å². The van der Waals surface area contributed by atoms with Gasteiger partial charge in [0.05, 0.1) is 10.6 Å². The lowest BCUT2D eigenvalue weighted by Crippen LogP contribution is -2.40. The first kappa shape index (κ1) is 21.5. The predicted molar refractivity (Wildman–Crippen MR) is 110 cm³/mol. The number of carbonyl (C=O) groups excluding carboxylic acids is 1. The Hall–Kier alpha value is -2.75. The zero-order valence-corrected chi connectivity index (χ0v) is 17.8. The third-order valence-electron chi connectivity index (χ3n) is 5.44. The quantitative estimate of drug-likeness (QED) is 0.574. The fourth-order valence-corrected chi connectivity index (χ4v) is 4.46. The molecule has 3 aromatic heterocycles. The van der Waals surface area contributed by atoms with Crippen molar-refractivity contribution in [2.45, 2.75) is 44.8 Å². The minimum Gasteiger partial charge on any atom is -0.342 e. The maximum absolute atomic E-state index is 13.5. The number of hydrogen-bond acceptors (Lipinski definition) is 5. The lowest BCUT2D eigenvalue weighted by Gasteiger charge is -2.32. The average molecular weight is 450 g/mol. The monoisotopic (exact) mass is 449 g/mol. The molecule has 31 heavy (non-hydrogen) atoms. The van der Waals surface area contributed by atoms with E-state index in [1.165, 1.54) is 11.3 Å². The van der Waals surface area contributed by atoms with Crippen molar-refractivity contribution in [1.82, 2.24) is 24.4 Å². The zero-order valence-electron chi connectivity index (χ0n) is 17.0. The summed E-state index contributed by atoms with van der Waals surface area (Å²) in [5.41, 5.74) is -0.675. The summed E-state index contributed by atoms with van der Waals surface area (Å²) in [6.45, 7) is 3.31. The van der Waals surface area contributed by atoms with Gasteiger partial charge in [0.1, 0.15) is 17.3 Å². The van der Waals surface area contributed by atoms with Gasteiger partial charge in [0.25, 0.3) is 0 Å². The molecule has 1 amide bonds. The van der Waals surface area contributed by atoms with Crippen LogP contribution in [0.1, 0.15) is 42.5 Å². The highest BCUT2D eigenvalue weighted by atomic mass is 32.1. The van der Waals surface area contributed by atoms with Crippen molar-refractivity contribution in [2.75, 3.05) is 13.1 Å². The number of alkyl halides is 3. The first-order chi connectivity index (χ1) is 14.8. The Balaban J connectivity index is 1.52. The molecule has 10 heteroatoms. The molecule has 6 nitrogen and oxygen atoms in total. The van der Waals surface area contributed by atoms with E-state index in [0.29, 0.717) is 43.8 Å². The third kappa shape index (κ3) is 4.95. The van der Waals surface area contributed by atoms with Gasteiger partial charge in [-0.15, -0.1) is 11.3 Å². The molecule has 0 N–H and O–H groups in total. The number of aryl methyl sites for hydroxylation is 2. The second-order valence-corrected chi connectivity index (χ2v) is 8.52. The number of nitrogens with zero attached hydrogens (tertiary/aromatic N) is 5. The van der Waals surface area contributed by atoms with Crippen LogP contribution in [0.4, 0.5) is 13.2 Å². The number of aromatic nitrogens is 4. The maximum atomic E-state index is 13.5. The largest absolute Gasteiger partial charge is 0.433 e. The molecule has 1 fully saturated rings. The molecule has 0 aliphatic carbocycles. The van der Waals surface area contributed by atoms with Crippen LogP contribution in [0.2, 0.25) is 0 Å². The summed E-state index contributed by atoms with van der Waals surface area (Å²) in [5, 5.41) is 1.80. The highest BCUT2D eigenvalue weighted by molar-refractivity contribution is 7.13. The predicted octanol–water partition coefficient (Wildman–Crippen LogP) is 4.53. The van der Waals surface area contributed by atoms with E-state index in [4.69, 9.17) is 0 Å². The lowest BCUT2D eigenvalue weighted by molar-refractivity contribution is -0.141. The molecule has 1 aliphatic rings. The summed E-state index contributed by atoms with van der Waals surface area (Å²) >= 11 is 1.33. The van der Waals surface area contributed by atoms with Crippen LogP contribution in [0.3, 0.4) is 0 Å². The number of likely N-dealkylation sites (tertiary alicyclic amines) is 1. The molecule has 4 heterocycles. The van der Waals surface area contributed by atoms with Crippen molar-refractivity contribution in [1.29, 1.82) is 0 Å². The van der Waals surface area contributed by atoms with Gasteiger partial charge < -0.3 is 9.47 Å². The van der Waals surface area contributed by atoms with Crippen molar-refractivity contribution >= 4 is 17.2 Å². The van der Waals surface area contributed by atoms with E-state index in [0.717, 1.165) is 11.9 Å². The molecule has 0 saturated carbocycles. The van der Waals surface area contributed by atoms with Gasteiger partial charge in [0, 0.05) is 44.4 Å². The summed E-state index contributed by atoms with van der Waals surface area (Å²) in [6.07, 6.45) is 0.617. The Bertz CT molecular complexity index is 1050. The van der Waals surface area contributed by atoms with Crippen molar-refractivity contribution in [3.8, 4) is 10.6 Å².